The van der Waals surface area contributed by atoms with Gasteiger partial charge in [0.1, 0.15) is 0 Å². The molecule has 0 bridgehead atoms. The van der Waals surface area contributed by atoms with Crippen LogP contribution >= 0.6 is 31.9 Å². The van der Waals surface area contributed by atoms with E-state index >= 15 is 0 Å². The van der Waals surface area contributed by atoms with Crippen molar-refractivity contribution in [3.63, 3.8) is 0 Å². The zero-order chi connectivity index (χ0) is 15.0. The highest BCUT2D eigenvalue weighted by molar-refractivity contribution is 9.10. The molecular weight excluding hydrogens is 411 g/mol. The summed E-state index contributed by atoms with van der Waals surface area (Å²) in [5.74, 6) is -9.77. The van der Waals surface area contributed by atoms with Gasteiger partial charge in [0.25, 0.3) is 0 Å². The average molecular weight is 416 g/mol. The Morgan fingerprint density at radius 2 is 1.10 bits per heavy atom. The van der Waals surface area contributed by atoms with Crippen molar-refractivity contribution in [3.8, 4) is 0 Å². The van der Waals surface area contributed by atoms with E-state index in [9.17, 15) is 22.0 Å². The zero-order valence-electron chi connectivity index (χ0n) is 9.53. The Kier molecular flexibility index (Phi) is 4.49. The molecule has 2 aromatic rings. The Labute approximate surface area is 127 Å². The zero-order valence-corrected chi connectivity index (χ0v) is 12.7. The SMILES string of the molecule is Fc1c(F)c(F)c(C(Br)c2ccc(Br)cc2)c(F)c1F. The highest BCUT2D eigenvalue weighted by atomic mass is 79.9. The molecule has 0 radical (unpaired) electrons. The summed E-state index contributed by atoms with van der Waals surface area (Å²) in [5.41, 5.74) is -0.555. The molecule has 0 saturated carbocycles. The summed E-state index contributed by atoms with van der Waals surface area (Å²) in [7, 11) is 0. The van der Waals surface area contributed by atoms with E-state index in [2.05, 4.69) is 31.9 Å². The van der Waals surface area contributed by atoms with Gasteiger partial charge < -0.3 is 0 Å². The topological polar surface area (TPSA) is 0 Å². The minimum Gasteiger partial charge on any atom is -0.203 e. The lowest BCUT2D eigenvalue weighted by Gasteiger charge is -2.14. The summed E-state index contributed by atoms with van der Waals surface area (Å²) < 4.78 is 67.3. The van der Waals surface area contributed by atoms with Gasteiger partial charge in [-0.15, -0.1) is 0 Å². The third-order valence-corrected chi connectivity index (χ3v) is 4.18. The lowest BCUT2D eigenvalue weighted by Crippen LogP contribution is -2.09. The van der Waals surface area contributed by atoms with Crippen LogP contribution in [0.1, 0.15) is 16.0 Å². The quantitative estimate of drug-likeness (QED) is 0.258. The van der Waals surface area contributed by atoms with Crippen molar-refractivity contribution >= 4 is 31.9 Å². The van der Waals surface area contributed by atoms with Crippen molar-refractivity contribution in [2.75, 3.05) is 0 Å². The fraction of sp³-hybridized carbons (Fsp3) is 0.0769. The first-order chi connectivity index (χ1) is 9.34. The molecule has 1 atom stereocenters. The second kappa shape index (κ2) is 5.81. The molecule has 0 N–H and O–H groups in total. The highest BCUT2D eigenvalue weighted by Crippen LogP contribution is 2.37. The molecule has 0 fully saturated rings. The van der Waals surface area contributed by atoms with Crippen molar-refractivity contribution < 1.29 is 22.0 Å². The molecule has 2 aromatic carbocycles. The molecule has 0 aliphatic heterocycles. The van der Waals surface area contributed by atoms with Crippen LogP contribution in [-0.2, 0) is 0 Å². The van der Waals surface area contributed by atoms with Crippen LogP contribution in [0.15, 0.2) is 28.7 Å². The van der Waals surface area contributed by atoms with Gasteiger partial charge >= 0.3 is 0 Å². The van der Waals surface area contributed by atoms with E-state index in [0.717, 1.165) is 4.47 Å². The van der Waals surface area contributed by atoms with Gasteiger partial charge in [-0.2, -0.15) is 0 Å². The molecule has 7 heteroatoms. The number of alkyl halides is 1. The van der Waals surface area contributed by atoms with Crippen LogP contribution in [0.5, 0.6) is 0 Å². The summed E-state index contributed by atoms with van der Waals surface area (Å²) in [5, 5.41) is 0. The van der Waals surface area contributed by atoms with Gasteiger partial charge in [-0.05, 0) is 17.7 Å². The lowest BCUT2D eigenvalue weighted by molar-refractivity contribution is 0.371. The number of hydrogen-bond donors (Lipinski definition) is 0. The van der Waals surface area contributed by atoms with Gasteiger partial charge in [-0.3, -0.25) is 0 Å². The van der Waals surface area contributed by atoms with Crippen molar-refractivity contribution in [1.82, 2.24) is 0 Å². The van der Waals surface area contributed by atoms with Crippen LogP contribution in [0.3, 0.4) is 0 Å². The van der Waals surface area contributed by atoms with Crippen LogP contribution in [0.25, 0.3) is 0 Å². The van der Waals surface area contributed by atoms with Gasteiger partial charge in [-0.25, -0.2) is 22.0 Å². The number of halogens is 7. The third kappa shape index (κ3) is 2.61. The Morgan fingerprint density at radius 1 is 0.700 bits per heavy atom. The molecule has 0 heterocycles. The maximum Gasteiger partial charge on any atom is 0.200 e. The van der Waals surface area contributed by atoms with Crippen molar-refractivity contribution in [3.05, 3.63) is 69.0 Å². The minimum absolute atomic E-state index is 0.358. The monoisotopic (exact) mass is 414 g/mol. The summed E-state index contributed by atoms with van der Waals surface area (Å²) in [6, 6.07) is 6.19. The first-order valence-electron chi connectivity index (χ1n) is 5.25. The van der Waals surface area contributed by atoms with E-state index in [1.54, 1.807) is 12.1 Å². The van der Waals surface area contributed by atoms with Crippen LogP contribution in [0.2, 0.25) is 0 Å². The number of rotatable bonds is 2. The van der Waals surface area contributed by atoms with Gasteiger partial charge in [0.2, 0.25) is 5.82 Å². The lowest BCUT2D eigenvalue weighted by atomic mass is 10.0. The second-order valence-corrected chi connectivity index (χ2v) is 5.73. The molecule has 0 saturated heterocycles. The fourth-order valence-electron chi connectivity index (χ4n) is 1.64. The number of hydrogen-bond acceptors (Lipinski definition) is 0. The second-order valence-electron chi connectivity index (χ2n) is 3.90. The van der Waals surface area contributed by atoms with Crippen LogP contribution in [-0.4, -0.2) is 0 Å². The highest BCUT2D eigenvalue weighted by Gasteiger charge is 2.29. The average Bonchev–Trinajstić information content (AvgIpc) is 2.44. The molecule has 20 heavy (non-hydrogen) atoms. The maximum absolute atomic E-state index is 13.7. The minimum atomic E-state index is -2.17. The molecule has 0 aliphatic rings. The molecule has 106 valence electrons. The van der Waals surface area contributed by atoms with Crippen LogP contribution < -0.4 is 0 Å². The van der Waals surface area contributed by atoms with E-state index in [-0.39, 0.29) is 0 Å². The van der Waals surface area contributed by atoms with Gasteiger partial charge in [0, 0.05) is 10.0 Å². The summed E-state index contributed by atoms with van der Waals surface area (Å²) in [6.45, 7) is 0. The van der Waals surface area contributed by atoms with Gasteiger partial charge in [0.05, 0.1) is 4.83 Å². The molecule has 0 spiro atoms. The molecule has 1 unspecified atom stereocenters. The molecule has 0 nitrogen and oxygen atoms in total. The Hall–Kier alpha value is -0.950. The molecule has 0 aromatic heterocycles. The Bertz CT molecular complexity index is 626. The van der Waals surface area contributed by atoms with E-state index < -0.39 is 39.5 Å². The van der Waals surface area contributed by atoms with E-state index in [0.29, 0.717) is 5.56 Å². The summed E-state index contributed by atoms with van der Waals surface area (Å²) >= 11 is 6.14. The van der Waals surface area contributed by atoms with Crippen LogP contribution in [0, 0.1) is 29.1 Å². The first-order valence-corrected chi connectivity index (χ1v) is 6.96. The van der Waals surface area contributed by atoms with E-state index in [1.807, 2.05) is 0 Å². The Morgan fingerprint density at radius 3 is 1.55 bits per heavy atom. The van der Waals surface area contributed by atoms with E-state index in [4.69, 9.17) is 0 Å². The maximum atomic E-state index is 13.7. The van der Waals surface area contributed by atoms with Crippen molar-refractivity contribution in [2.45, 2.75) is 4.83 Å². The molecule has 0 aliphatic carbocycles. The largest absolute Gasteiger partial charge is 0.203 e. The smallest absolute Gasteiger partial charge is 0.200 e. The van der Waals surface area contributed by atoms with Crippen molar-refractivity contribution in [2.24, 2.45) is 0 Å². The molecule has 2 rings (SSSR count). The third-order valence-electron chi connectivity index (χ3n) is 2.66. The van der Waals surface area contributed by atoms with E-state index in [1.165, 1.54) is 12.1 Å². The summed E-state index contributed by atoms with van der Waals surface area (Å²) in [4.78, 5) is -1.15. The number of benzene rings is 2. The first kappa shape index (κ1) is 15.4. The summed E-state index contributed by atoms with van der Waals surface area (Å²) in [6.07, 6.45) is 0. The Balaban J connectivity index is 2.60. The predicted molar refractivity (Wildman–Crippen MR) is 71.1 cm³/mol. The van der Waals surface area contributed by atoms with Gasteiger partial charge in [0.15, 0.2) is 23.3 Å². The normalized spacial score (nSPS) is 12.6. The molecule has 0 amide bonds. The van der Waals surface area contributed by atoms with Crippen LogP contribution in [0.4, 0.5) is 22.0 Å². The van der Waals surface area contributed by atoms with Gasteiger partial charge in [-0.1, -0.05) is 44.0 Å². The predicted octanol–water partition coefficient (Wildman–Crippen LogP) is 5.63. The van der Waals surface area contributed by atoms with Crippen molar-refractivity contribution in [1.29, 1.82) is 0 Å². The molecular formula is C13H5Br2F5. The fourth-order valence-corrected chi connectivity index (χ4v) is 2.61. The standard InChI is InChI=1S/C13H5Br2F5/c14-6-3-1-5(2-4-6)8(15)7-9(16)11(18)13(20)12(19)10(7)17/h1-4,8H.